The molecule has 120 valence electrons. The molecule has 0 radical (unpaired) electrons. The van der Waals surface area contributed by atoms with E-state index in [2.05, 4.69) is 15.2 Å². The SMILES string of the molecule is O=C(NC[NH+]1CCN(c2ccccc2F)CC1)c1cccnc1. The lowest BCUT2D eigenvalue weighted by atomic mass is 10.2. The standard InChI is InChI=1S/C17H19FN4O/c18-15-5-1-2-6-16(15)22-10-8-21(9-11-22)13-20-17(23)14-4-3-7-19-12-14/h1-7,12H,8-11,13H2,(H,20,23)/p+1. The van der Waals surface area contributed by atoms with Crippen LogP contribution in [0.15, 0.2) is 48.8 Å². The van der Waals surface area contributed by atoms with Crippen molar-refractivity contribution in [3.05, 3.63) is 60.2 Å². The average Bonchev–Trinajstić information content (AvgIpc) is 2.61. The Bertz CT molecular complexity index is 657. The van der Waals surface area contributed by atoms with Gasteiger partial charge >= 0.3 is 0 Å². The van der Waals surface area contributed by atoms with Crippen LogP contribution in [0.1, 0.15) is 10.4 Å². The van der Waals surface area contributed by atoms with Crippen LogP contribution < -0.4 is 15.1 Å². The van der Waals surface area contributed by atoms with Crippen molar-refractivity contribution in [3.63, 3.8) is 0 Å². The monoisotopic (exact) mass is 315 g/mol. The maximum atomic E-state index is 13.8. The van der Waals surface area contributed by atoms with Gasteiger partial charge in [-0.25, -0.2) is 4.39 Å². The highest BCUT2D eigenvalue weighted by molar-refractivity contribution is 5.93. The highest BCUT2D eigenvalue weighted by Gasteiger charge is 2.22. The lowest BCUT2D eigenvalue weighted by Crippen LogP contribution is -3.16. The summed E-state index contributed by atoms with van der Waals surface area (Å²) in [5, 5.41) is 2.93. The van der Waals surface area contributed by atoms with Crippen LogP contribution in [0.2, 0.25) is 0 Å². The topological polar surface area (TPSA) is 49.7 Å². The number of nitrogens with one attached hydrogen (secondary N) is 2. The minimum Gasteiger partial charge on any atom is -0.358 e. The zero-order valence-electron chi connectivity index (χ0n) is 12.8. The number of nitrogens with zero attached hydrogens (tertiary/aromatic N) is 2. The molecular formula is C17H20FN4O+. The number of amides is 1. The van der Waals surface area contributed by atoms with E-state index < -0.39 is 0 Å². The fourth-order valence-corrected chi connectivity index (χ4v) is 2.75. The Balaban J connectivity index is 1.48. The second-order valence-electron chi connectivity index (χ2n) is 5.61. The molecule has 0 saturated carbocycles. The molecule has 2 heterocycles. The summed E-state index contributed by atoms with van der Waals surface area (Å²) in [6.07, 6.45) is 3.20. The van der Waals surface area contributed by atoms with Crippen molar-refractivity contribution in [2.24, 2.45) is 0 Å². The van der Waals surface area contributed by atoms with E-state index in [0.717, 1.165) is 26.2 Å². The maximum Gasteiger partial charge on any atom is 0.257 e. The minimum atomic E-state index is -0.180. The number of rotatable bonds is 4. The van der Waals surface area contributed by atoms with E-state index in [4.69, 9.17) is 0 Å². The number of piperazine rings is 1. The van der Waals surface area contributed by atoms with Gasteiger partial charge in [-0.15, -0.1) is 0 Å². The van der Waals surface area contributed by atoms with Gasteiger partial charge in [0.2, 0.25) is 0 Å². The molecule has 1 amide bonds. The summed E-state index contributed by atoms with van der Waals surface area (Å²) >= 11 is 0. The number of hydrogen-bond donors (Lipinski definition) is 2. The number of quaternary nitrogens is 1. The summed E-state index contributed by atoms with van der Waals surface area (Å²) in [6, 6.07) is 10.3. The molecule has 2 N–H and O–H groups in total. The van der Waals surface area contributed by atoms with Gasteiger partial charge in [0.05, 0.1) is 37.4 Å². The molecule has 1 saturated heterocycles. The third-order valence-corrected chi connectivity index (χ3v) is 4.09. The average molecular weight is 315 g/mol. The molecule has 23 heavy (non-hydrogen) atoms. The van der Waals surface area contributed by atoms with Gasteiger partial charge in [0.1, 0.15) is 5.82 Å². The first-order chi connectivity index (χ1) is 11.2. The summed E-state index contributed by atoms with van der Waals surface area (Å²) in [7, 11) is 0. The van der Waals surface area contributed by atoms with Gasteiger partial charge in [-0.1, -0.05) is 12.1 Å². The predicted molar refractivity (Wildman–Crippen MR) is 85.9 cm³/mol. The molecular weight excluding hydrogens is 295 g/mol. The highest BCUT2D eigenvalue weighted by Crippen LogP contribution is 2.17. The van der Waals surface area contributed by atoms with Crippen molar-refractivity contribution in [2.45, 2.75) is 0 Å². The van der Waals surface area contributed by atoms with Crippen LogP contribution in [0.3, 0.4) is 0 Å². The first kappa shape index (κ1) is 15.4. The second-order valence-corrected chi connectivity index (χ2v) is 5.61. The number of carbonyl (C=O) groups is 1. The van der Waals surface area contributed by atoms with E-state index in [1.54, 1.807) is 30.6 Å². The van der Waals surface area contributed by atoms with Crippen LogP contribution in [0.4, 0.5) is 10.1 Å². The highest BCUT2D eigenvalue weighted by atomic mass is 19.1. The third kappa shape index (κ3) is 3.84. The van der Waals surface area contributed by atoms with E-state index >= 15 is 0 Å². The second kappa shape index (κ2) is 7.19. The molecule has 0 atom stereocenters. The number of pyridine rings is 1. The lowest BCUT2D eigenvalue weighted by Gasteiger charge is -2.33. The number of benzene rings is 1. The number of anilines is 1. The third-order valence-electron chi connectivity index (χ3n) is 4.09. The lowest BCUT2D eigenvalue weighted by molar-refractivity contribution is -0.902. The summed E-state index contributed by atoms with van der Waals surface area (Å²) in [6.45, 7) is 3.85. The van der Waals surface area contributed by atoms with E-state index in [-0.39, 0.29) is 11.7 Å². The van der Waals surface area contributed by atoms with Crippen LogP contribution in [-0.2, 0) is 0 Å². The van der Waals surface area contributed by atoms with E-state index in [9.17, 15) is 9.18 Å². The Kier molecular flexibility index (Phi) is 4.83. The molecule has 5 nitrogen and oxygen atoms in total. The van der Waals surface area contributed by atoms with Gasteiger partial charge in [-0.05, 0) is 24.3 Å². The maximum absolute atomic E-state index is 13.8. The molecule has 0 unspecified atom stereocenters. The molecule has 0 aliphatic carbocycles. The summed E-state index contributed by atoms with van der Waals surface area (Å²) in [5.74, 6) is -0.289. The molecule has 2 aromatic rings. The van der Waals surface area contributed by atoms with Crippen LogP contribution in [-0.4, -0.2) is 43.7 Å². The summed E-state index contributed by atoms with van der Waals surface area (Å²) in [4.78, 5) is 19.3. The van der Waals surface area contributed by atoms with Crippen LogP contribution in [0, 0.1) is 5.82 Å². The zero-order valence-corrected chi connectivity index (χ0v) is 12.8. The van der Waals surface area contributed by atoms with E-state index in [0.29, 0.717) is 17.9 Å². The van der Waals surface area contributed by atoms with Crippen LogP contribution in [0.5, 0.6) is 0 Å². The van der Waals surface area contributed by atoms with Crippen molar-refractivity contribution in [2.75, 3.05) is 37.7 Å². The fourth-order valence-electron chi connectivity index (χ4n) is 2.75. The molecule has 0 bridgehead atoms. The predicted octanol–water partition coefficient (Wildman–Crippen LogP) is 0.313. The summed E-state index contributed by atoms with van der Waals surface area (Å²) < 4.78 is 13.8. The summed E-state index contributed by atoms with van der Waals surface area (Å²) in [5.41, 5.74) is 1.22. The van der Waals surface area contributed by atoms with E-state index in [1.165, 1.54) is 11.0 Å². The van der Waals surface area contributed by atoms with Crippen molar-refractivity contribution < 1.29 is 14.1 Å². The number of hydrogen-bond acceptors (Lipinski definition) is 3. The number of carbonyl (C=O) groups excluding carboxylic acids is 1. The van der Waals surface area contributed by atoms with Crippen LogP contribution in [0.25, 0.3) is 0 Å². The molecule has 1 aromatic carbocycles. The zero-order chi connectivity index (χ0) is 16.1. The molecule has 1 fully saturated rings. The Morgan fingerprint density at radius 2 is 2.00 bits per heavy atom. The quantitative estimate of drug-likeness (QED) is 0.854. The molecule has 1 aromatic heterocycles. The van der Waals surface area contributed by atoms with Gasteiger partial charge in [-0.3, -0.25) is 9.78 Å². The largest absolute Gasteiger partial charge is 0.358 e. The molecule has 1 aliphatic heterocycles. The van der Waals surface area contributed by atoms with Crippen molar-refractivity contribution >= 4 is 11.6 Å². The number of para-hydroxylation sites is 1. The van der Waals surface area contributed by atoms with Crippen molar-refractivity contribution in [1.82, 2.24) is 10.3 Å². The van der Waals surface area contributed by atoms with Gasteiger partial charge in [0.25, 0.3) is 5.91 Å². The Morgan fingerprint density at radius 3 is 2.70 bits per heavy atom. The Hall–Kier alpha value is -2.47. The van der Waals surface area contributed by atoms with Crippen LogP contribution >= 0.6 is 0 Å². The van der Waals surface area contributed by atoms with Gasteiger partial charge in [0.15, 0.2) is 6.67 Å². The smallest absolute Gasteiger partial charge is 0.257 e. The molecule has 0 spiro atoms. The van der Waals surface area contributed by atoms with Crippen molar-refractivity contribution in [3.8, 4) is 0 Å². The van der Waals surface area contributed by atoms with Crippen molar-refractivity contribution in [1.29, 1.82) is 0 Å². The Labute approximate surface area is 134 Å². The fraction of sp³-hybridized carbons (Fsp3) is 0.294. The molecule has 3 rings (SSSR count). The first-order valence-corrected chi connectivity index (χ1v) is 7.75. The van der Waals surface area contributed by atoms with E-state index in [1.807, 2.05) is 12.1 Å². The minimum absolute atomic E-state index is 0.109. The Morgan fingerprint density at radius 1 is 1.22 bits per heavy atom. The van der Waals surface area contributed by atoms with Gasteiger partial charge < -0.3 is 15.1 Å². The normalized spacial score (nSPS) is 15.4. The molecule has 6 heteroatoms. The first-order valence-electron chi connectivity index (χ1n) is 7.75. The number of halogens is 1. The van der Waals surface area contributed by atoms with Gasteiger partial charge in [-0.2, -0.15) is 0 Å². The number of aromatic nitrogens is 1. The molecule has 1 aliphatic rings. The van der Waals surface area contributed by atoms with Gasteiger partial charge in [0, 0.05) is 12.4 Å².